The van der Waals surface area contributed by atoms with E-state index >= 15 is 0 Å². The molecule has 4 nitrogen and oxygen atoms in total. The van der Waals surface area contributed by atoms with Crippen LogP contribution in [-0.2, 0) is 6.54 Å². The van der Waals surface area contributed by atoms with Gasteiger partial charge in [0.05, 0.1) is 5.69 Å². The van der Waals surface area contributed by atoms with E-state index in [9.17, 15) is 5.11 Å². The normalized spacial score (nSPS) is 19.1. The molecule has 0 unspecified atom stereocenters. The Kier molecular flexibility index (Phi) is 3.86. The molecule has 0 spiro atoms. The van der Waals surface area contributed by atoms with Gasteiger partial charge in [-0.2, -0.15) is 0 Å². The number of nitrogens with zero attached hydrogens (tertiary/aromatic N) is 2. The fourth-order valence-electron chi connectivity index (χ4n) is 2.22. The van der Waals surface area contributed by atoms with Crippen molar-refractivity contribution in [3.63, 3.8) is 0 Å². The summed E-state index contributed by atoms with van der Waals surface area (Å²) in [6.45, 7) is 5.43. The van der Waals surface area contributed by atoms with E-state index in [2.05, 4.69) is 16.8 Å². The Morgan fingerprint density at radius 3 is 2.82 bits per heavy atom. The van der Waals surface area contributed by atoms with Gasteiger partial charge >= 0.3 is 0 Å². The zero-order valence-electron chi connectivity index (χ0n) is 10.4. The molecule has 3 N–H and O–H groups in total. The highest BCUT2D eigenvalue weighted by molar-refractivity contribution is 5.53. The van der Waals surface area contributed by atoms with Crippen LogP contribution in [-0.4, -0.2) is 48.1 Å². The Hall–Kier alpha value is -1.26. The highest BCUT2D eigenvalue weighted by atomic mass is 16.3. The van der Waals surface area contributed by atoms with E-state index in [1.807, 2.05) is 12.1 Å². The van der Waals surface area contributed by atoms with E-state index in [4.69, 9.17) is 5.73 Å². The molecule has 0 atom stereocenters. The molecule has 1 aliphatic rings. The third kappa shape index (κ3) is 3.35. The number of hydrogen-bond donors (Lipinski definition) is 2. The van der Waals surface area contributed by atoms with E-state index in [1.165, 1.54) is 18.5 Å². The fraction of sp³-hybridized carbons (Fsp3) is 0.538. The molecule has 17 heavy (non-hydrogen) atoms. The Labute approximate surface area is 103 Å². The van der Waals surface area contributed by atoms with Crippen molar-refractivity contribution in [3.05, 3.63) is 23.8 Å². The summed E-state index contributed by atoms with van der Waals surface area (Å²) in [6, 6.07) is 5.48. The molecule has 0 radical (unpaired) electrons. The first-order valence-electron chi connectivity index (χ1n) is 6.13. The van der Waals surface area contributed by atoms with Gasteiger partial charge in [0.2, 0.25) is 0 Å². The number of nitrogen functional groups attached to an aromatic ring is 1. The Balaban J connectivity index is 1.97. The molecule has 1 saturated heterocycles. The van der Waals surface area contributed by atoms with Crippen LogP contribution in [0.4, 0.5) is 5.69 Å². The molecule has 1 aromatic carbocycles. The maximum Gasteiger partial charge on any atom is 0.138 e. The molecule has 0 saturated carbocycles. The lowest BCUT2D eigenvalue weighted by atomic mass is 10.1. The number of anilines is 1. The van der Waals surface area contributed by atoms with Crippen LogP contribution in [0, 0.1) is 0 Å². The molecule has 4 heteroatoms. The molecule has 0 aliphatic carbocycles. The second-order valence-electron chi connectivity index (χ2n) is 4.83. The quantitative estimate of drug-likeness (QED) is 0.595. The van der Waals surface area contributed by atoms with Crippen LogP contribution in [0.5, 0.6) is 5.75 Å². The molecule has 2 rings (SSSR count). The van der Waals surface area contributed by atoms with Crippen molar-refractivity contribution in [3.8, 4) is 5.75 Å². The average Bonchev–Trinajstić information content (AvgIpc) is 2.49. The lowest BCUT2D eigenvalue weighted by molar-refractivity contribution is 0.269. The lowest BCUT2D eigenvalue weighted by Gasteiger charge is -2.20. The first kappa shape index (κ1) is 12.2. The van der Waals surface area contributed by atoms with E-state index in [0.717, 1.165) is 26.2 Å². The minimum atomic E-state index is 0.171. The topological polar surface area (TPSA) is 52.7 Å². The van der Waals surface area contributed by atoms with E-state index in [1.54, 1.807) is 6.07 Å². The molecule has 0 aromatic heterocycles. The monoisotopic (exact) mass is 235 g/mol. The van der Waals surface area contributed by atoms with Gasteiger partial charge in [-0.3, -0.25) is 4.90 Å². The molecular formula is C13H21N3O. The Bertz CT molecular complexity index is 381. The smallest absolute Gasteiger partial charge is 0.138 e. The van der Waals surface area contributed by atoms with Crippen molar-refractivity contribution in [2.45, 2.75) is 13.0 Å². The van der Waals surface area contributed by atoms with E-state index in [-0.39, 0.29) is 5.75 Å². The van der Waals surface area contributed by atoms with Crippen LogP contribution in [0.15, 0.2) is 18.2 Å². The van der Waals surface area contributed by atoms with Gasteiger partial charge in [0, 0.05) is 19.6 Å². The van der Waals surface area contributed by atoms with Gasteiger partial charge in [-0.1, -0.05) is 6.07 Å². The van der Waals surface area contributed by atoms with Crippen molar-refractivity contribution < 1.29 is 5.11 Å². The number of hydrogen-bond acceptors (Lipinski definition) is 4. The second-order valence-corrected chi connectivity index (χ2v) is 4.83. The number of phenols is 1. The lowest BCUT2D eigenvalue weighted by Crippen LogP contribution is -2.28. The highest BCUT2D eigenvalue weighted by Gasteiger charge is 2.12. The van der Waals surface area contributed by atoms with Crippen LogP contribution in [0.3, 0.4) is 0 Å². The number of rotatable bonds is 2. The van der Waals surface area contributed by atoms with Crippen LogP contribution < -0.4 is 5.73 Å². The summed E-state index contributed by atoms with van der Waals surface area (Å²) in [5, 5.41) is 9.38. The maximum absolute atomic E-state index is 9.38. The second kappa shape index (κ2) is 5.38. The summed E-state index contributed by atoms with van der Waals surface area (Å²) in [4.78, 5) is 4.81. The first-order chi connectivity index (χ1) is 8.15. The Morgan fingerprint density at radius 1 is 1.24 bits per heavy atom. The number of benzene rings is 1. The predicted octanol–water partition coefficient (Wildman–Crippen LogP) is 1.11. The van der Waals surface area contributed by atoms with Crippen LogP contribution in [0.2, 0.25) is 0 Å². The van der Waals surface area contributed by atoms with Crippen LogP contribution in [0.25, 0.3) is 0 Å². The molecule has 1 heterocycles. The maximum atomic E-state index is 9.38. The molecule has 1 aromatic rings. The third-order valence-corrected chi connectivity index (χ3v) is 3.31. The molecule has 1 aliphatic heterocycles. The molecule has 0 bridgehead atoms. The minimum Gasteiger partial charge on any atom is -0.506 e. The van der Waals surface area contributed by atoms with Crippen molar-refractivity contribution in [1.82, 2.24) is 9.80 Å². The van der Waals surface area contributed by atoms with Gasteiger partial charge in [-0.15, -0.1) is 0 Å². The number of phenolic OH excluding ortho intramolecular Hbond substituents is 1. The summed E-state index contributed by atoms with van der Waals surface area (Å²) in [6.07, 6.45) is 1.21. The number of likely N-dealkylation sites (N-methyl/N-ethyl adjacent to an activating group) is 1. The standard InChI is InChI=1S/C13H21N3O/c1-15-5-2-6-16(8-7-15)10-11-3-4-13(17)12(14)9-11/h3-4,9,17H,2,5-8,10,14H2,1H3. The molecule has 1 fully saturated rings. The van der Waals surface area contributed by atoms with Gasteiger partial charge < -0.3 is 15.7 Å². The zero-order valence-corrected chi connectivity index (χ0v) is 10.4. The minimum absolute atomic E-state index is 0.171. The predicted molar refractivity (Wildman–Crippen MR) is 69.9 cm³/mol. The molecule has 94 valence electrons. The zero-order chi connectivity index (χ0) is 12.3. The first-order valence-corrected chi connectivity index (χ1v) is 6.13. The van der Waals surface area contributed by atoms with Crippen LogP contribution >= 0.6 is 0 Å². The SMILES string of the molecule is CN1CCCN(Cc2ccc(O)c(N)c2)CC1. The van der Waals surface area contributed by atoms with Crippen molar-refractivity contribution in [2.24, 2.45) is 0 Å². The van der Waals surface area contributed by atoms with Crippen molar-refractivity contribution >= 4 is 5.69 Å². The summed E-state index contributed by atoms with van der Waals surface area (Å²) in [5.74, 6) is 0.171. The van der Waals surface area contributed by atoms with Gasteiger partial charge in [-0.25, -0.2) is 0 Å². The van der Waals surface area contributed by atoms with Crippen molar-refractivity contribution in [1.29, 1.82) is 0 Å². The highest BCUT2D eigenvalue weighted by Crippen LogP contribution is 2.21. The van der Waals surface area contributed by atoms with Crippen LogP contribution in [0.1, 0.15) is 12.0 Å². The molecular weight excluding hydrogens is 214 g/mol. The summed E-state index contributed by atoms with van der Waals surface area (Å²) < 4.78 is 0. The third-order valence-electron chi connectivity index (χ3n) is 3.31. The fourth-order valence-corrected chi connectivity index (χ4v) is 2.22. The van der Waals surface area contributed by atoms with E-state index < -0.39 is 0 Å². The summed E-state index contributed by atoms with van der Waals surface area (Å²) in [7, 11) is 2.17. The van der Waals surface area contributed by atoms with Gasteiger partial charge in [-0.05, 0) is 44.3 Å². The largest absolute Gasteiger partial charge is 0.506 e. The van der Waals surface area contributed by atoms with Gasteiger partial charge in [0.25, 0.3) is 0 Å². The van der Waals surface area contributed by atoms with Gasteiger partial charge in [0.1, 0.15) is 5.75 Å². The summed E-state index contributed by atoms with van der Waals surface area (Å²) in [5.41, 5.74) is 7.34. The average molecular weight is 235 g/mol. The van der Waals surface area contributed by atoms with Gasteiger partial charge in [0.15, 0.2) is 0 Å². The number of nitrogens with two attached hydrogens (primary N) is 1. The number of aromatic hydroxyl groups is 1. The Morgan fingerprint density at radius 2 is 2.06 bits per heavy atom. The molecule has 0 amide bonds. The summed E-state index contributed by atoms with van der Waals surface area (Å²) >= 11 is 0. The van der Waals surface area contributed by atoms with E-state index in [0.29, 0.717) is 5.69 Å². The van der Waals surface area contributed by atoms with Crippen molar-refractivity contribution in [2.75, 3.05) is 39.0 Å².